The number of benzene rings is 2. The predicted octanol–water partition coefficient (Wildman–Crippen LogP) is 2.31. The van der Waals surface area contributed by atoms with Gasteiger partial charge in [-0.15, -0.1) is 0 Å². The van der Waals surface area contributed by atoms with Gasteiger partial charge in [0.05, 0.1) is 12.8 Å². The highest BCUT2D eigenvalue weighted by atomic mass is 35.5. The number of methoxy groups -OCH3 is 1. The maximum absolute atomic E-state index is 11.8. The fourth-order valence-electron chi connectivity index (χ4n) is 1.89. The SMILES string of the molecule is COc1ccccc1CNC(=O)C(=O)Nc1cc(Cl)ccc1O. The Balaban J connectivity index is 1.98. The van der Waals surface area contributed by atoms with Crippen LogP contribution in [0.15, 0.2) is 42.5 Å². The van der Waals surface area contributed by atoms with E-state index in [4.69, 9.17) is 16.3 Å². The van der Waals surface area contributed by atoms with Crippen molar-refractivity contribution in [3.05, 3.63) is 53.1 Å². The standard InChI is InChI=1S/C16H15ClN2O4/c1-23-14-5-3-2-4-10(14)9-18-15(21)16(22)19-12-8-11(17)6-7-13(12)20/h2-8,20H,9H2,1H3,(H,18,21)(H,19,22). The number of carbonyl (C=O) groups excluding carboxylic acids is 2. The number of aromatic hydroxyl groups is 1. The molecule has 0 spiro atoms. The van der Waals surface area contributed by atoms with Gasteiger partial charge in [0.2, 0.25) is 0 Å². The van der Waals surface area contributed by atoms with Gasteiger partial charge in [0.25, 0.3) is 0 Å². The van der Waals surface area contributed by atoms with Crippen LogP contribution in [-0.4, -0.2) is 24.0 Å². The summed E-state index contributed by atoms with van der Waals surface area (Å²) >= 11 is 5.78. The molecule has 2 rings (SSSR count). The number of phenols is 1. The van der Waals surface area contributed by atoms with Crippen molar-refractivity contribution in [2.24, 2.45) is 0 Å². The molecule has 0 saturated heterocycles. The summed E-state index contributed by atoms with van der Waals surface area (Å²) in [6.45, 7) is 0.137. The minimum absolute atomic E-state index is 0.0648. The first-order valence-electron chi connectivity index (χ1n) is 6.71. The first-order chi connectivity index (χ1) is 11.0. The lowest BCUT2D eigenvalue weighted by molar-refractivity contribution is -0.136. The molecule has 0 aliphatic carbocycles. The number of carbonyl (C=O) groups is 2. The number of para-hydroxylation sites is 1. The summed E-state index contributed by atoms with van der Waals surface area (Å²) in [5, 5.41) is 14.7. The zero-order valence-corrected chi connectivity index (χ0v) is 13.1. The molecule has 6 nitrogen and oxygen atoms in total. The Kier molecular flexibility index (Phi) is 5.43. The smallest absolute Gasteiger partial charge is 0.313 e. The van der Waals surface area contributed by atoms with Crippen molar-refractivity contribution in [3.8, 4) is 11.5 Å². The number of anilines is 1. The van der Waals surface area contributed by atoms with Crippen LogP contribution in [0.25, 0.3) is 0 Å². The third-order valence-electron chi connectivity index (χ3n) is 3.04. The summed E-state index contributed by atoms with van der Waals surface area (Å²) in [5.41, 5.74) is 0.802. The molecule has 0 radical (unpaired) electrons. The van der Waals surface area contributed by atoms with Crippen LogP contribution in [0.2, 0.25) is 5.02 Å². The van der Waals surface area contributed by atoms with Crippen LogP contribution in [0.3, 0.4) is 0 Å². The molecule has 3 N–H and O–H groups in total. The second kappa shape index (κ2) is 7.51. The molecular formula is C16H15ClN2O4. The number of ether oxygens (including phenoxy) is 1. The molecule has 0 unspecified atom stereocenters. The van der Waals surface area contributed by atoms with Crippen LogP contribution in [-0.2, 0) is 16.1 Å². The molecule has 2 amide bonds. The van der Waals surface area contributed by atoms with Crippen molar-refractivity contribution in [1.82, 2.24) is 5.32 Å². The number of hydrogen-bond acceptors (Lipinski definition) is 4. The van der Waals surface area contributed by atoms with Crippen molar-refractivity contribution >= 4 is 29.1 Å². The Labute approximate surface area is 138 Å². The van der Waals surface area contributed by atoms with E-state index in [9.17, 15) is 14.7 Å². The van der Waals surface area contributed by atoms with Crippen LogP contribution in [0.1, 0.15) is 5.56 Å². The summed E-state index contributed by atoms with van der Waals surface area (Å²) in [7, 11) is 1.52. The van der Waals surface area contributed by atoms with E-state index in [-0.39, 0.29) is 18.0 Å². The Bertz CT molecular complexity index is 734. The molecule has 0 saturated carbocycles. The topological polar surface area (TPSA) is 87.7 Å². The van der Waals surface area contributed by atoms with Crippen LogP contribution < -0.4 is 15.4 Å². The third kappa shape index (κ3) is 4.37. The first kappa shape index (κ1) is 16.6. The minimum Gasteiger partial charge on any atom is -0.506 e. The van der Waals surface area contributed by atoms with Gasteiger partial charge in [-0.2, -0.15) is 0 Å². The molecule has 2 aromatic rings. The zero-order chi connectivity index (χ0) is 16.8. The van der Waals surface area contributed by atoms with E-state index in [1.54, 1.807) is 24.3 Å². The molecule has 0 bridgehead atoms. The summed E-state index contributed by atoms with van der Waals surface area (Å²) in [6, 6.07) is 11.3. The summed E-state index contributed by atoms with van der Waals surface area (Å²) in [5.74, 6) is -1.31. The van der Waals surface area contributed by atoms with Gasteiger partial charge in [-0.05, 0) is 24.3 Å². The highest BCUT2D eigenvalue weighted by molar-refractivity contribution is 6.40. The molecule has 0 atom stereocenters. The van der Waals surface area contributed by atoms with Crippen molar-refractivity contribution in [2.75, 3.05) is 12.4 Å². The molecule has 0 aliphatic rings. The number of amides is 2. The van der Waals surface area contributed by atoms with Crippen molar-refractivity contribution in [1.29, 1.82) is 0 Å². The summed E-state index contributed by atoms with van der Waals surface area (Å²) in [6.07, 6.45) is 0. The van der Waals surface area contributed by atoms with Gasteiger partial charge >= 0.3 is 11.8 Å². The van der Waals surface area contributed by atoms with Gasteiger partial charge in [-0.3, -0.25) is 9.59 Å². The highest BCUT2D eigenvalue weighted by Gasteiger charge is 2.16. The Morgan fingerprint density at radius 2 is 1.91 bits per heavy atom. The molecule has 23 heavy (non-hydrogen) atoms. The monoisotopic (exact) mass is 334 g/mol. The van der Waals surface area contributed by atoms with Gasteiger partial charge in [0.15, 0.2) is 0 Å². The van der Waals surface area contributed by atoms with E-state index in [0.29, 0.717) is 10.8 Å². The third-order valence-corrected chi connectivity index (χ3v) is 3.28. The number of rotatable bonds is 4. The lowest BCUT2D eigenvalue weighted by Crippen LogP contribution is -2.35. The van der Waals surface area contributed by atoms with E-state index in [0.717, 1.165) is 5.56 Å². The molecule has 120 valence electrons. The maximum Gasteiger partial charge on any atom is 0.313 e. The van der Waals surface area contributed by atoms with Gasteiger partial charge in [-0.25, -0.2) is 0 Å². The Hall–Kier alpha value is -2.73. The van der Waals surface area contributed by atoms with E-state index in [1.165, 1.54) is 25.3 Å². The lowest BCUT2D eigenvalue weighted by Gasteiger charge is -2.10. The fraction of sp³-hybridized carbons (Fsp3) is 0.125. The molecule has 2 aromatic carbocycles. The summed E-state index contributed by atoms with van der Waals surface area (Å²) in [4.78, 5) is 23.7. The average molecular weight is 335 g/mol. The fourth-order valence-corrected chi connectivity index (χ4v) is 2.06. The van der Waals surface area contributed by atoms with E-state index >= 15 is 0 Å². The second-order valence-electron chi connectivity index (χ2n) is 4.61. The highest BCUT2D eigenvalue weighted by Crippen LogP contribution is 2.26. The first-order valence-corrected chi connectivity index (χ1v) is 7.08. The minimum atomic E-state index is -0.905. The number of nitrogens with one attached hydrogen (secondary N) is 2. The Morgan fingerprint density at radius 1 is 1.17 bits per heavy atom. The van der Waals surface area contributed by atoms with Crippen molar-refractivity contribution in [3.63, 3.8) is 0 Å². The quantitative estimate of drug-likeness (QED) is 0.591. The van der Waals surface area contributed by atoms with Gasteiger partial charge in [0.1, 0.15) is 11.5 Å². The second-order valence-corrected chi connectivity index (χ2v) is 5.05. The molecule has 0 aromatic heterocycles. The van der Waals surface area contributed by atoms with Crippen molar-refractivity contribution in [2.45, 2.75) is 6.54 Å². The largest absolute Gasteiger partial charge is 0.506 e. The molecule has 0 aliphatic heterocycles. The van der Waals surface area contributed by atoms with E-state index < -0.39 is 11.8 Å². The predicted molar refractivity (Wildman–Crippen MR) is 86.6 cm³/mol. The van der Waals surface area contributed by atoms with Crippen LogP contribution in [0, 0.1) is 0 Å². The van der Waals surface area contributed by atoms with Crippen LogP contribution in [0.4, 0.5) is 5.69 Å². The number of hydrogen-bond donors (Lipinski definition) is 3. The lowest BCUT2D eigenvalue weighted by atomic mass is 10.2. The zero-order valence-electron chi connectivity index (χ0n) is 12.3. The molecular weight excluding hydrogens is 320 g/mol. The van der Waals surface area contributed by atoms with E-state index in [2.05, 4.69) is 10.6 Å². The Morgan fingerprint density at radius 3 is 2.65 bits per heavy atom. The number of halogens is 1. The average Bonchev–Trinajstić information content (AvgIpc) is 2.56. The number of phenolic OH excluding ortho intramolecular Hbond substituents is 1. The van der Waals surface area contributed by atoms with E-state index in [1.807, 2.05) is 0 Å². The van der Waals surface area contributed by atoms with Gasteiger partial charge < -0.3 is 20.5 Å². The molecule has 7 heteroatoms. The maximum atomic E-state index is 11.8. The normalized spacial score (nSPS) is 10.0. The van der Waals surface area contributed by atoms with Gasteiger partial charge in [0, 0.05) is 17.1 Å². The molecule has 0 fully saturated rings. The summed E-state index contributed by atoms with van der Waals surface area (Å²) < 4.78 is 5.16. The molecule has 0 heterocycles. The van der Waals surface area contributed by atoms with Crippen molar-refractivity contribution < 1.29 is 19.4 Å². The van der Waals surface area contributed by atoms with Crippen LogP contribution >= 0.6 is 11.6 Å². The van der Waals surface area contributed by atoms with Crippen LogP contribution in [0.5, 0.6) is 11.5 Å². The van der Waals surface area contributed by atoms with Gasteiger partial charge in [-0.1, -0.05) is 29.8 Å².